The molecule has 2 rings (SSSR count). The van der Waals surface area contributed by atoms with E-state index < -0.39 is 0 Å². The van der Waals surface area contributed by atoms with Crippen LogP contribution in [0.15, 0.2) is 24.0 Å². The van der Waals surface area contributed by atoms with Crippen LogP contribution in [0.1, 0.15) is 54.5 Å². The van der Waals surface area contributed by atoms with Gasteiger partial charge in [-0.1, -0.05) is 24.6 Å². The third-order valence-electron chi connectivity index (χ3n) is 3.87. The molecule has 110 valence electrons. The lowest BCUT2D eigenvalue weighted by Crippen LogP contribution is -2.27. The maximum Gasteiger partial charge on any atom is 0.113 e. The fourth-order valence-electron chi connectivity index (χ4n) is 3.06. The van der Waals surface area contributed by atoms with E-state index in [1.165, 1.54) is 22.3 Å². The molecule has 1 heterocycles. The zero-order valence-electron chi connectivity index (χ0n) is 13.3. The quantitative estimate of drug-likeness (QED) is 0.861. The summed E-state index contributed by atoms with van der Waals surface area (Å²) >= 11 is 0. The second-order valence-electron chi connectivity index (χ2n) is 5.80. The molecule has 0 saturated heterocycles. The molecule has 1 aromatic rings. The van der Waals surface area contributed by atoms with Crippen LogP contribution in [0, 0.1) is 20.8 Å². The molecule has 0 spiro atoms. The normalized spacial score (nSPS) is 16.5. The van der Waals surface area contributed by atoms with Gasteiger partial charge in [0, 0.05) is 0 Å². The van der Waals surface area contributed by atoms with Gasteiger partial charge < -0.3 is 10.1 Å². The van der Waals surface area contributed by atoms with Crippen molar-refractivity contribution in [1.82, 2.24) is 5.32 Å². The van der Waals surface area contributed by atoms with Gasteiger partial charge in [0.15, 0.2) is 0 Å². The molecule has 1 atom stereocenters. The number of hydrogen-bond acceptors (Lipinski definition) is 2. The van der Waals surface area contributed by atoms with Crippen LogP contribution in [-0.2, 0) is 4.74 Å². The highest BCUT2D eigenvalue weighted by atomic mass is 16.5. The topological polar surface area (TPSA) is 21.3 Å². The summed E-state index contributed by atoms with van der Waals surface area (Å²) in [6, 6.07) is 4.74. The SMILES string of the molecule is CCCNC(C1=CCCCO1)c1c(C)cc(C)cc1C. The number of nitrogens with one attached hydrogen (secondary N) is 1. The van der Waals surface area contributed by atoms with Gasteiger partial charge in [0.05, 0.1) is 12.6 Å². The van der Waals surface area contributed by atoms with Crippen LogP contribution in [0.2, 0.25) is 0 Å². The molecule has 0 aromatic heterocycles. The van der Waals surface area contributed by atoms with E-state index in [1.807, 2.05) is 0 Å². The van der Waals surface area contributed by atoms with Gasteiger partial charge in [-0.2, -0.15) is 0 Å². The van der Waals surface area contributed by atoms with Crippen LogP contribution in [0.5, 0.6) is 0 Å². The van der Waals surface area contributed by atoms with Crippen molar-refractivity contribution < 1.29 is 4.74 Å². The first-order valence-corrected chi connectivity index (χ1v) is 7.77. The van der Waals surface area contributed by atoms with E-state index in [-0.39, 0.29) is 6.04 Å². The molecular weight excluding hydrogens is 246 g/mol. The minimum Gasteiger partial charge on any atom is -0.496 e. The van der Waals surface area contributed by atoms with E-state index in [4.69, 9.17) is 4.74 Å². The number of hydrogen-bond donors (Lipinski definition) is 1. The third kappa shape index (κ3) is 3.43. The Labute approximate surface area is 123 Å². The van der Waals surface area contributed by atoms with Crippen molar-refractivity contribution in [1.29, 1.82) is 0 Å². The Kier molecular flexibility index (Phi) is 5.24. The van der Waals surface area contributed by atoms with Crippen molar-refractivity contribution in [2.45, 2.75) is 53.0 Å². The van der Waals surface area contributed by atoms with Gasteiger partial charge in [-0.15, -0.1) is 0 Å². The van der Waals surface area contributed by atoms with Gasteiger partial charge in [0.2, 0.25) is 0 Å². The van der Waals surface area contributed by atoms with E-state index in [2.05, 4.69) is 51.2 Å². The van der Waals surface area contributed by atoms with E-state index in [9.17, 15) is 0 Å². The Hall–Kier alpha value is -1.28. The number of ether oxygens (including phenoxy) is 1. The van der Waals surface area contributed by atoms with Crippen LogP contribution >= 0.6 is 0 Å². The summed E-state index contributed by atoms with van der Waals surface area (Å²) in [5.41, 5.74) is 5.42. The Balaban J connectivity index is 2.38. The fraction of sp³-hybridized carbons (Fsp3) is 0.556. The van der Waals surface area contributed by atoms with Gasteiger partial charge in [0.25, 0.3) is 0 Å². The number of benzene rings is 1. The first kappa shape index (κ1) is 15.1. The first-order valence-electron chi connectivity index (χ1n) is 7.77. The smallest absolute Gasteiger partial charge is 0.113 e. The van der Waals surface area contributed by atoms with Crippen molar-refractivity contribution in [2.24, 2.45) is 0 Å². The van der Waals surface area contributed by atoms with Gasteiger partial charge >= 0.3 is 0 Å². The molecule has 0 aliphatic carbocycles. The Morgan fingerprint density at radius 2 is 1.90 bits per heavy atom. The molecule has 1 aromatic carbocycles. The second-order valence-corrected chi connectivity index (χ2v) is 5.80. The lowest BCUT2D eigenvalue weighted by molar-refractivity contribution is 0.167. The zero-order chi connectivity index (χ0) is 14.5. The van der Waals surface area contributed by atoms with Crippen molar-refractivity contribution >= 4 is 0 Å². The minimum absolute atomic E-state index is 0.204. The molecule has 0 amide bonds. The number of rotatable bonds is 5. The summed E-state index contributed by atoms with van der Waals surface area (Å²) in [4.78, 5) is 0. The second kappa shape index (κ2) is 6.94. The van der Waals surface area contributed by atoms with Gasteiger partial charge in [0.1, 0.15) is 5.76 Å². The monoisotopic (exact) mass is 273 g/mol. The standard InChI is InChI=1S/C18H27NO/c1-5-9-19-18(16-8-6-7-10-20-16)17-14(3)11-13(2)12-15(17)4/h8,11-12,18-19H,5-7,9-10H2,1-4H3. The summed E-state index contributed by atoms with van der Waals surface area (Å²) in [5.74, 6) is 1.11. The summed E-state index contributed by atoms with van der Waals surface area (Å²) in [6.07, 6.45) is 5.66. The van der Waals surface area contributed by atoms with Gasteiger partial charge in [-0.3, -0.25) is 0 Å². The molecule has 1 N–H and O–H groups in total. The lowest BCUT2D eigenvalue weighted by atomic mass is 9.92. The zero-order valence-corrected chi connectivity index (χ0v) is 13.3. The molecule has 0 saturated carbocycles. The van der Waals surface area contributed by atoms with Crippen LogP contribution in [0.4, 0.5) is 0 Å². The van der Waals surface area contributed by atoms with E-state index in [0.717, 1.165) is 38.2 Å². The van der Waals surface area contributed by atoms with E-state index in [1.54, 1.807) is 0 Å². The highest BCUT2D eigenvalue weighted by Crippen LogP contribution is 2.31. The predicted octanol–water partition coefficient (Wildman–Crippen LogP) is 4.35. The van der Waals surface area contributed by atoms with Crippen molar-refractivity contribution in [3.05, 3.63) is 46.2 Å². The van der Waals surface area contributed by atoms with Crippen LogP contribution in [-0.4, -0.2) is 13.2 Å². The third-order valence-corrected chi connectivity index (χ3v) is 3.87. The summed E-state index contributed by atoms with van der Waals surface area (Å²) in [6.45, 7) is 10.6. The summed E-state index contributed by atoms with van der Waals surface area (Å²) < 4.78 is 5.93. The molecule has 0 radical (unpaired) electrons. The molecule has 0 bridgehead atoms. The van der Waals surface area contributed by atoms with Crippen LogP contribution in [0.25, 0.3) is 0 Å². The average Bonchev–Trinajstić information content (AvgIpc) is 2.42. The predicted molar refractivity (Wildman–Crippen MR) is 85.0 cm³/mol. The fourth-order valence-corrected chi connectivity index (χ4v) is 3.06. The Morgan fingerprint density at radius 3 is 2.45 bits per heavy atom. The van der Waals surface area contributed by atoms with Crippen molar-refractivity contribution in [3.63, 3.8) is 0 Å². The van der Waals surface area contributed by atoms with Gasteiger partial charge in [-0.05, 0) is 69.3 Å². The van der Waals surface area contributed by atoms with E-state index >= 15 is 0 Å². The molecule has 1 aliphatic rings. The number of allylic oxidation sites excluding steroid dienone is 1. The average molecular weight is 273 g/mol. The van der Waals surface area contributed by atoms with E-state index in [0.29, 0.717) is 0 Å². The molecule has 2 heteroatoms. The number of aryl methyl sites for hydroxylation is 3. The maximum atomic E-state index is 5.93. The summed E-state index contributed by atoms with van der Waals surface area (Å²) in [5, 5.41) is 3.66. The molecule has 20 heavy (non-hydrogen) atoms. The lowest BCUT2D eigenvalue weighted by Gasteiger charge is -2.28. The first-order chi connectivity index (χ1) is 9.63. The van der Waals surface area contributed by atoms with Crippen molar-refractivity contribution in [3.8, 4) is 0 Å². The van der Waals surface area contributed by atoms with Crippen molar-refractivity contribution in [2.75, 3.05) is 13.2 Å². The molecule has 1 unspecified atom stereocenters. The summed E-state index contributed by atoms with van der Waals surface area (Å²) in [7, 11) is 0. The van der Waals surface area contributed by atoms with Crippen LogP contribution < -0.4 is 5.32 Å². The Bertz CT molecular complexity index is 467. The highest BCUT2D eigenvalue weighted by molar-refractivity contribution is 5.42. The van der Waals surface area contributed by atoms with Gasteiger partial charge in [-0.25, -0.2) is 0 Å². The molecular formula is C18H27NO. The van der Waals surface area contributed by atoms with Crippen LogP contribution in [0.3, 0.4) is 0 Å². The highest BCUT2D eigenvalue weighted by Gasteiger charge is 2.22. The maximum absolute atomic E-state index is 5.93. The largest absolute Gasteiger partial charge is 0.496 e. The molecule has 1 aliphatic heterocycles. The minimum atomic E-state index is 0.204. The molecule has 2 nitrogen and oxygen atoms in total. The molecule has 0 fully saturated rings. The Morgan fingerprint density at radius 1 is 1.20 bits per heavy atom.